The SMILES string of the molecule is CCCn1c(=O)n(CN(C)Cc2ccc(C(=O)NC)cc2)c2ccccc21. The summed E-state index contributed by atoms with van der Waals surface area (Å²) in [6, 6.07) is 15.5. The van der Waals surface area contributed by atoms with Gasteiger partial charge in [0.1, 0.15) is 0 Å². The number of rotatable bonds is 7. The van der Waals surface area contributed by atoms with E-state index in [4.69, 9.17) is 0 Å². The second-order valence-corrected chi connectivity index (χ2v) is 6.78. The van der Waals surface area contributed by atoms with Gasteiger partial charge in [-0.05, 0) is 43.3 Å². The number of aryl methyl sites for hydroxylation is 1. The van der Waals surface area contributed by atoms with Crippen LogP contribution in [-0.2, 0) is 19.8 Å². The van der Waals surface area contributed by atoms with Crippen LogP contribution in [0.1, 0.15) is 29.3 Å². The summed E-state index contributed by atoms with van der Waals surface area (Å²) in [5, 5.41) is 2.62. The van der Waals surface area contributed by atoms with Crippen molar-refractivity contribution in [2.45, 2.75) is 33.1 Å². The van der Waals surface area contributed by atoms with E-state index in [0.717, 1.165) is 29.6 Å². The Balaban J connectivity index is 1.80. The van der Waals surface area contributed by atoms with Gasteiger partial charge in [-0.15, -0.1) is 0 Å². The van der Waals surface area contributed by atoms with Crippen molar-refractivity contribution in [1.29, 1.82) is 0 Å². The minimum atomic E-state index is -0.0924. The lowest BCUT2D eigenvalue weighted by Crippen LogP contribution is -2.31. The number of aromatic nitrogens is 2. The van der Waals surface area contributed by atoms with Crippen molar-refractivity contribution in [3.63, 3.8) is 0 Å². The number of para-hydroxylation sites is 2. The number of nitrogens with one attached hydrogen (secondary N) is 1. The van der Waals surface area contributed by atoms with Gasteiger partial charge in [-0.2, -0.15) is 0 Å². The fourth-order valence-corrected chi connectivity index (χ4v) is 3.36. The Hall–Kier alpha value is -2.86. The van der Waals surface area contributed by atoms with Gasteiger partial charge in [0.15, 0.2) is 0 Å². The fourth-order valence-electron chi connectivity index (χ4n) is 3.36. The highest BCUT2D eigenvalue weighted by Crippen LogP contribution is 2.14. The van der Waals surface area contributed by atoms with E-state index in [2.05, 4.69) is 17.1 Å². The molecule has 0 aliphatic carbocycles. The highest BCUT2D eigenvalue weighted by Gasteiger charge is 2.13. The molecule has 0 fully saturated rings. The van der Waals surface area contributed by atoms with Gasteiger partial charge in [-0.1, -0.05) is 31.2 Å². The van der Waals surface area contributed by atoms with Crippen molar-refractivity contribution >= 4 is 16.9 Å². The third-order valence-electron chi connectivity index (χ3n) is 4.65. The molecule has 0 aliphatic heterocycles. The Labute approximate surface area is 159 Å². The van der Waals surface area contributed by atoms with Crippen molar-refractivity contribution < 1.29 is 4.79 Å². The molecule has 2 aromatic carbocycles. The standard InChI is InChI=1S/C21H26N4O2/c1-4-13-24-18-7-5-6-8-19(18)25(21(24)27)15-23(3)14-16-9-11-17(12-10-16)20(26)22-2/h5-12H,4,13-15H2,1-3H3,(H,22,26). The first kappa shape index (κ1) is 18.9. The summed E-state index contributed by atoms with van der Waals surface area (Å²) in [6.07, 6.45) is 0.918. The summed E-state index contributed by atoms with van der Waals surface area (Å²) in [6.45, 7) is 3.99. The molecular weight excluding hydrogens is 340 g/mol. The molecule has 142 valence electrons. The van der Waals surface area contributed by atoms with Crippen LogP contribution in [0.25, 0.3) is 11.0 Å². The third-order valence-corrected chi connectivity index (χ3v) is 4.65. The zero-order chi connectivity index (χ0) is 19.4. The van der Waals surface area contributed by atoms with Crippen LogP contribution in [0.2, 0.25) is 0 Å². The number of hydrogen-bond donors (Lipinski definition) is 1. The van der Waals surface area contributed by atoms with Crippen LogP contribution in [-0.4, -0.2) is 34.0 Å². The molecule has 0 radical (unpaired) electrons. The maximum absolute atomic E-state index is 12.9. The summed E-state index contributed by atoms with van der Waals surface area (Å²) in [4.78, 5) is 26.6. The number of carbonyl (C=O) groups is 1. The lowest BCUT2D eigenvalue weighted by atomic mass is 10.1. The molecule has 0 bridgehead atoms. The fraction of sp³-hybridized carbons (Fsp3) is 0.333. The Morgan fingerprint density at radius 1 is 1.04 bits per heavy atom. The Kier molecular flexibility index (Phi) is 5.76. The minimum absolute atomic E-state index is 0.0277. The van der Waals surface area contributed by atoms with Gasteiger partial charge in [-0.25, -0.2) is 4.79 Å². The predicted octanol–water partition coefficient (Wildman–Crippen LogP) is 2.66. The topological polar surface area (TPSA) is 59.3 Å². The summed E-state index contributed by atoms with van der Waals surface area (Å²) in [5.74, 6) is -0.0924. The second-order valence-electron chi connectivity index (χ2n) is 6.78. The molecule has 0 spiro atoms. The van der Waals surface area contributed by atoms with E-state index in [9.17, 15) is 9.59 Å². The van der Waals surface area contributed by atoms with Crippen LogP contribution in [0.15, 0.2) is 53.3 Å². The zero-order valence-corrected chi connectivity index (χ0v) is 16.1. The lowest BCUT2D eigenvalue weighted by molar-refractivity contribution is 0.0963. The number of amides is 1. The average Bonchev–Trinajstić information content (AvgIpc) is 2.94. The molecule has 0 atom stereocenters. The monoisotopic (exact) mass is 366 g/mol. The highest BCUT2D eigenvalue weighted by atomic mass is 16.2. The third kappa shape index (κ3) is 3.95. The zero-order valence-electron chi connectivity index (χ0n) is 16.1. The smallest absolute Gasteiger partial charge is 0.330 e. The van der Waals surface area contributed by atoms with Crippen LogP contribution in [0.4, 0.5) is 0 Å². The number of nitrogens with zero attached hydrogens (tertiary/aromatic N) is 3. The van der Waals surface area contributed by atoms with E-state index in [1.165, 1.54) is 0 Å². The van der Waals surface area contributed by atoms with Crippen LogP contribution in [0, 0.1) is 0 Å². The van der Waals surface area contributed by atoms with Gasteiger partial charge in [0.2, 0.25) is 0 Å². The predicted molar refractivity (Wildman–Crippen MR) is 108 cm³/mol. The van der Waals surface area contributed by atoms with Crippen molar-refractivity contribution in [1.82, 2.24) is 19.4 Å². The molecule has 27 heavy (non-hydrogen) atoms. The molecule has 3 rings (SSSR count). The Bertz CT molecular complexity index is 986. The van der Waals surface area contributed by atoms with Gasteiger partial charge in [0.05, 0.1) is 17.7 Å². The molecule has 6 nitrogen and oxygen atoms in total. The number of fused-ring (bicyclic) bond motifs is 1. The first-order valence-electron chi connectivity index (χ1n) is 9.22. The quantitative estimate of drug-likeness (QED) is 0.699. The Morgan fingerprint density at radius 2 is 1.67 bits per heavy atom. The number of hydrogen-bond acceptors (Lipinski definition) is 3. The molecule has 3 aromatic rings. The van der Waals surface area contributed by atoms with Gasteiger partial charge in [0.25, 0.3) is 5.91 Å². The van der Waals surface area contributed by atoms with E-state index in [-0.39, 0.29) is 11.6 Å². The molecule has 1 aromatic heterocycles. The van der Waals surface area contributed by atoms with Gasteiger partial charge >= 0.3 is 5.69 Å². The van der Waals surface area contributed by atoms with E-state index in [1.807, 2.05) is 64.7 Å². The molecule has 1 heterocycles. The first-order chi connectivity index (χ1) is 13.0. The normalized spacial score (nSPS) is 11.3. The van der Waals surface area contributed by atoms with Crippen molar-refractivity contribution in [2.24, 2.45) is 0 Å². The summed E-state index contributed by atoms with van der Waals surface area (Å²) in [5.41, 5.74) is 3.70. The largest absolute Gasteiger partial charge is 0.355 e. The molecular formula is C21H26N4O2. The number of imidazole rings is 1. The van der Waals surface area contributed by atoms with Gasteiger partial charge in [-0.3, -0.25) is 18.8 Å². The van der Waals surface area contributed by atoms with E-state index in [0.29, 0.717) is 18.8 Å². The maximum Gasteiger partial charge on any atom is 0.330 e. The molecule has 1 N–H and O–H groups in total. The molecule has 0 saturated carbocycles. The van der Waals surface area contributed by atoms with Gasteiger partial charge in [0, 0.05) is 25.7 Å². The molecule has 0 aliphatic rings. The highest BCUT2D eigenvalue weighted by molar-refractivity contribution is 5.93. The van der Waals surface area contributed by atoms with Crippen LogP contribution < -0.4 is 11.0 Å². The second kappa shape index (κ2) is 8.22. The maximum atomic E-state index is 12.9. The van der Waals surface area contributed by atoms with Crippen LogP contribution >= 0.6 is 0 Å². The Morgan fingerprint density at radius 3 is 2.26 bits per heavy atom. The molecule has 6 heteroatoms. The van der Waals surface area contributed by atoms with Crippen molar-refractivity contribution in [2.75, 3.05) is 14.1 Å². The summed E-state index contributed by atoms with van der Waals surface area (Å²) in [7, 11) is 3.61. The van der Waals surface area contributed by atoms with E-state index < -0.39 is 0 Å². The summed E-state index contributed by atoms with van der Waals surface area (Å²) < 4.78 is 3.67. The molecule has 0 saturated heterocycles. The lowest BCUT2D eigenvalue weighted by Gasteiger charge is -2.17. The molecule has 0 unspecified atom stereocenters. The van der Waals surface area contributed by atoms with E-state index >= 15 is 0 Å². The average molecular weight is 366 g/mol. The van der Waals surface area contributed by atoms with Crippen LogP contribution in [0.5, 0.6) is 0 Å². The molecule has 1 amide bonds. The van der Waals surface area contributed by atoms with Crippen molar-refractivity contribution in [3.8, 4) is 0 Å². The first-order valence-corrected chi connectivity index (χ1v) is 9.22. The minimum Gasteiger partial charge on any atom is -0.355 e. The van der Waals surface area contributed by atoms with Crippen LogP contribution in [0.3, 0.4) is 0 Å². The van der Waals surface area contributed by atoms with Crippen molar-refractivity contribution in [3.05, 3.63) is 70.1 Å². The van der Waals surface area contributed by atoms with Gasteiger partial charge < -0.3 is 5.32 Å². The van der Waals surface area contributed by atoms with E-state index in [1.54, 1.807) is 7.05 Å². The number of benzene rings is 2. The summed E-state index contributed by atoms with van der Waals surface area (Å²) >= 11 is 0. The number of carbonyl (C=O) groups excluding carboxylic acids is 1.